The van der Waals surface area contributed by atoms with E-state index in [0.717, 1.165) is 38.4 Å². The molecule has 1 aliphatic rings. The second kappa shape index (κ2) is 6.03. The second-order valence-corrected chi connectivity index (χ2v) is 6.36. The van der Waals surface area contributed by atoms with Gasteiger partial charge in [-0.05, 0) is 6.42 Å². The average Bonchev–Trinajstić information content (AvgIpc) is 3.08. The molecule has 20 heavy (non-hydrogen) atoms. The highest BCUT2D eigenvalue weighted by atomic mass is 32.1. The summed E-state index contributed by atoms with van der Waals surface area (Å²) in [7, 11) is 2.07. The number of nitrogens with zero attached hydrogens (tertiary/aromatic N) is 4. The van der Waals surface area contributed by atoms with Crippen LogP contribution >= 0.6 is 11.3 Å². The minimum Gasteiger partial charge on any atom is -0.337 e. The van der Waals surface area contributed by atoms with E-state index in [2.05, 4.69) is 38.7 Å². The van der Waals surface area contributed by atoms with E-state index in [-0.39, 0.29) is 0 Å². The Bertz CT molecular complexity index is 561. The Morgan fingerprint density at radius 2 is 2.35 bits per heavy atom. The standard InChI is InChI=1S/C14H21N5S/c1-3-13-17-8-11(20-13)10-19-7-4-15-9-12(19)14-16-5-6-18(14)2/h5-6,8,12,15H,3-4,7,9-10H2,1-2H3. The first-order valence-corrected chi connectivity index (χ1v) is 7.95. The molecule has 3 rings (SSSR count). The van der Waals surface area contributed by atoms with Gasteiger partial charge >= 0.3 is 0 Å². The SMILES string of the molecule is CCc1ncc(CN2CCNCC2c2nccn2C)s1. The predicted molar refractivity (Wildman–Crippen MR) is 80.7 cm³/mol. The van der Waals surface area contributed by atoms with E-state index in [9.17, 15) is 0 Å². The Morgan fingerprint density at radius 1 is 1.45 bits per heavy atom. The molecule has 1 saturated heterocycles. The summed E-state index contributed by atoms with van der Waals surface area (Å²) in [6.45, 7) is 6.18. The second-order valence-electron chi connectivity index (χ2n) is 5.16. The molecule has 1 fully saturated rings. The van der Waals surface area contributed by atoms with E-state index in [1.54, 1.807) is 0 Å². The van der Waals surface area contributed by atoms with E-state index in [1.165, 1.54) is 9.88 Å². The fourth-order valence-corrected chi connectivity index (χ4v) is 3.56. The molecule has 6 heteroatoms. The van der Waals surface area contributed by atoms with Crippen LogP contribution in [0.5, 0.6) is 0 Å². The Hall–Kier alpha value is -1.24. The summed E-state index contributed by atoms with van der Waals surface area (Å²) < 4.78 is 2.12. The van der Waals surface area contributed by atoms with Crippen molar-refractivity contribution in [1.29, 1.82) is 0 Å². The highest BCUT2D eigenvalue weighted by molar-refractivity contribution is 7.11. The zero-order chi connectivity index (χ0) is 13.9. The van der Waals surface area contributed by atoms with Crippen molar-refractivity contribution in [1.82, 2.24) is 24.8 Å². The zero-order valence-electron chi connectivity index (χ0n) is 12.0. The summed E-state index contributed by atoms with van der Waals surface area (Å²) in [6, 6.07) is 0.343. The van der Waals surface area contributed by atoms with E-state index < -0.39 is 0 Å². The molecule has 0 spiro atoms. The smallest absolute Gasteiger partial charge is 0.127 e. The van der Waals surface area contributed by atoms with Crippen LogP contribution in [0.4, 0.5) is 0 Å². The third kappa shape index (κ3) is 2.77. The largest absolute Gasteiger partial charge is 0.337 e. The quantitative estimate of drug-likeness (QED) is 0.929. The Kier molecular flexibility index (Phi) is 4.14. The van der Waals surface area contributed by atoms with Gasteiger partial charge in [-0.3, -0.25) is 4.90 Å². The van der Waals surface area contributed by atoms with E-state index in [4.69, 9.17) is 0 Å². The van der Waals surface area contributed by atoms with Gasteiger partial charge < -0.3 is 9.88 Å². The first kappa shape index (κ1) is 13.7. The first-order valence-electron chi connectivity index (χ1n) is 7.13. The number of imidazole rings is 1. The van der Waals surface area contributed by atoms with Crippen LogP contribution in [-0.4, -0.2) is 39.1 Å². The van der Waals surface area contributed by atoms with Crippen LogP contribution in [0.15, 0.2) is 18.6 Å². The number of aromatic nitrogens is 3. The third-order valence-electron chi connectivity index (χ3n) is 3.77. The molecular weight excluding hydrogens is 270 g/mol. The molecular formula is C14H21N5S. The number of hydrogen-bond donors (Lipinski definition) is 1. The van der Waals surface area contributed by atoms with Crippen LogP contribution in [0.3, 0.4) is 0 Å². The van der Waals surface area contributed by atoms with Gasteiger partial charge in [0.05, 0.1) is 11.0 Å². The molecule has 1 atom stereocenters. The van der Waals surface area contributed by atoms with Gasteiger partial charge in [0.25, 0.3) is 0 Å². The Labute approximate surface area is 123 Å². The molecule has 3 heterocycles. The number of piperazine rings is 1. The average molecular weight is 291 g/mol. The van der Waals surface area contributed by atoms with Crippen molar-refractivity contribution < 1.29 is 0 Å². The van der Waals surface area contributed by atoms with Crippen molar-refractivity contribution in [3.63, 3.8) is 0 Å². The molecule has 0 saturated carbocycles. The molecule has 0 bridgehead atoms. The van der Waals surface area contributed by atoms with Crippen molar-refractivity contribution >= 4 is 11.3 Å². The van der Waals surface area contributed by atoms with Gasteiger partial charge in [-0.2, -0.15) is 0 Å². The van der Waals surface area contributed by atoms with Crippen LogP contribution in [0, 0.1) is 0 Å². The minimum absolute atomic E-state index is 0.343. The summed E-state index contributed by atoms with van der Waals surface area (Å²) in [6.07, 6.45) is 6.95. The van der Waals surface area contributed by atoms with Gasteiger partial charge in [0.15, 0.2) is 0 Å². The number of nitrogens with one attached hydrogen (secondary N) is 1. The molecule has 0 amide bonds. The van der Waals surface area contributed by atoms with Gasteiger partial charge in [0.2, 0.25) is 0 Å². The molecule has 0 radical (unpaired) electrons. The molecule has 0 aliphatic carbocycles. The summed E-state index contributed by atoms with van der Waals surface area (Å²) in [5.74, 6) is 1.14. The third-order valence-corrected chi connectivity index (χ3v) is 4.90. The lowest BCUT2D eigenvalue weighted by Crippen LogP contribution is -2.46. The molecule has 1 N–H and O–H groups in total. The van der Waals surface area contributed by atoms with Gasteiger partial charge in [0, 0.05) is 56.7 Å². The van der Waals surface area contributed by atoms with Gasteiger partial charge in [0.1, 0.15) is 5.82 Å². The molecule has 1 aliphatic heterocycles. The highest BCUT2D eigenvalue weighted by Gasteiger charge is 2.27. The van der Waals surface area contributed by atoms with Crippen LogP contribution < -0.4 is 5.32 Å². The predicted octanol–water partition coefficient (Wildman–Crippen LogP) is 1.59. The summed E-state index contributed by atoms with van der Waals surface area (Å²) >= 11 is 1.83. The monoisotopic (exact) mass is 291 g/mol. The topological polar surface area (TPSA) is 46.0 Å². The molecule has 0 aromatic carbocycles. The molecule has 2 aromatic heterocycles. The van der Waals surface area contributed by atoms with E-state index in [0.29, 0.717) is 6.04 Å². The molecule has 1 unspecified atom stereocenters. The van der Waals surface area contributed by atoms with Gasteiger partial charge in [-0.15, -0.1) is 11.3 Å². The van der Waals surface area contributed by atoms with Crippen LogP contribution in [0.25, 0.3) is 0 Å². The van der Waals surface area contributed by atoms with Crippen molar-refractivity contribution in [2.75, 3.05) is 19.6 Å². The summed E-state index contributed by atoms with van der Waals surface area (Å²) in [4.78, 5) is 12.8. The lowest BCUT2D eigenvalue weighted by molar-refractivity contribution is 0.146. The van der Waals surface area contributed by atoms with Crippen molar-refractivity contribution in [3.8, 4) is 0 Å². The lowest BCUT2D eigenvalue weighted by Gasteiger charge is -2.35. The summed E-state index contributed by atoms with van der Waals surface area (Å²) in [5.41, 5.74) is 0. The number of hydrogen-bond acceptors (Lipinski definition) is 5. The highest BCUT2D eigenvalue weighted by Crippen LogP contribution is 2.24. The van der Waals surface area contributed by atoms with Crippen LogP contribution in [0.1, 0.15) is 28.7 Å². The fraction of sp³-hybridized carbons (Fsp3) is 0.571. The molecule has 5 nitrogen and oxygen atoms in total. The number of rotatable bonds is 4. The van der Waals surface area contributed by atoms with Crippen molar-refractivity contribution in [3.05, 3.63) is 34.3 Å². The van der Waals surface area contributed by atoms with Crippen molar-refractivity contribution in [2.45, 2.75) is 25.9 Å². The maximum absolute atomic E-state index is 4.52. The van der Waals surface area contributed by atoms with Crippen LogP contribution in [0.2, 0.25) is 0 Å². The molecule has 108 valence electrons. The first-order chi connectivity index (χ1) is 9.78. The zero-order valence-corrected chi connectivity index (χ0v) is 12.9. The van der Waals surface area contributed by atoms with Crippen molar-refractivity contribution in [2.24, 2.45) is 7.05 Å². The van der Waals surface area contributed by atoms with Crippen LogP contribution in [-0.2, 0) is 20.0 Å². The number of thiazole rings is 1. The maximum atomic E-state index is 4.52. The minimum atomic E-state index is 0.343. The Balaban J connectivity index is 1.77. The maximum Gasteiger partial charge on any atom is 0.127 e. The van der Waals surface area contributed by atoms with Gasteiger partial charge in [-0.1, -0.05) is 6.92 Å². The lowest BCUT2D eigenvalue weighted by atomic mass is 10.1. The van der Waals surface area contributed by atoms with Gasteiger partial charge in [-0.25, -0.2) is 9.97 Å². The molecule has 2 aromatic rings. The normalized spacial score (nSPS) is 20.4. The van der Waals surface area contributed by atoms with E-state index >= 15 is 0 Å². The Morgan fingerprint density at radius 3 is 3.05 bits per heavy atom. The van der Waals surface area contributed by atoms with E-state index in [1.807, 2.05) is 29.9 Å². The number of aryl methyl sites for hydroxylation is 2. The summed E-state index contributed by atoms with van der Waals surface area (Å²) in [5, 5.41) is 4.70. The fourth-order valence-electron chi connectivity index (χ4n) is 2.67.